The lowest BCUT2D eigenvalue weighted by atomic mass is 9.95. The molecule has 24 heavy (non-hydrogen) atoms. The van der Waals surface area contributed by atoms with Gasteiger partial charge >= 0.3 is 0 Å². The number of halogens is 2. The van der Waals surface area contributed by atoms with Crippen LogP contribution in [0.15, 0.2) is 24.3 Å². The van der Waals surface area contributed by atoms with Gasteiger partial charge in [-0.1, -0.05) is 18.6 Å². The van der Waals surface area contributed by atoms with Crippen molar-refractivity contribution in [2.24, 2.45) is 0 Å². The van der Waals surface area contributed by atoms with Crippen LogP contribution in [-0.4, -0.2) is 55.0 Å². The molecule has 134 valence electrons. The minimum Gasteiger partial charge on any atom is -0.340 e. The molecule has 1 amide bonds. The summed E-state index contributed by atoms with van der Waals surface area (Å²) in [7, 11) is 0. The Kier molecular flexibility index (Phi) is 7.46. The zero-order valence-electron chi connectivity index (χ0n) is 14.0. The van der Waals surface area contributed by atoms with Crippen molar-refractivity contribution in [1.82, 2.24) is 15.1 Å². The summed E-state index contributed by atoms with van der Waals surface area (Å²) in [6.07, 6.45) is 4.05. The number of nitrogens with zero attached hydrogens (tertiary/aromatic N) is 2. The number of likely N-dealkylation sites (tertiary alicyclic amines) is 1. The lowest BCUT2D eigenvalue weighted by molar-refractivity contribution is -0.132. The van der Waals surface area contributed by atoms with E-state index < -0.39 is 0 Å². The van der Waals surface area contributed by atoms with E-state index >= 15 is 0 Å². The Labute approximate surface area is 149 Å². The minimum atomic E-state index is -0.190. The maximum absolute atomic E-state index is 13.1. The number of piperazine rings is 1. The van der Waals surface area contributed by atoms with E-state index in [0.29, 0.717) is 12.5 Å². The molecule has 2 aliphatic heterocycles. The molecule has 1 atom stereocenters. The monoisotopic (exact) mass is 355 g/mol. The highest BCUT2D eigenvalue weighted by atomic mass is 35.5. The second-order valence-corrected chi connectivity index (χ2v) is 6.48. The van der Waals surface area contributed by atoms with E-state index in [1.165, 1.54) is 30.5 Å². The normalized spacial score (nSPS) is 22.0. The van der Waals surface area contributed by atoms with Crippen molar-refractivity contribution >= 4 is 18.3 Å². The first kappa shape index (κ1) is 19.2. The van der Waals surface area contributed by atoms with Crippen molar-refractivity contribution < 1.29 is 9.18 Å². The predicted molar refractivity (Wildman–Crippen MR) is 95.9 cm³/mol. The summed E-state index contributed by atoms with van der Waals surface area (Å²) in [6.45, 7) is 5.25. The van der Waals surface area contributed by atoms with Crippen molar-refractivity contribution in [3.8, 4) is 0 Å². The fourth-order valence-corrected chi connectivity index (χ4v) is 3.63. The maximum Gasteiger partial charge on any atom is 0.223 e. The first-order valence-electron chi connectivity index (χ1n) is 8.72. The molecular formula is C18H27ClFN3O. The number of piperidine rings is 1. The molecule has 1 N–H and O–H groups in total. The Morgan fingerprint density at radius 2 is 1.83 bits per heavy atom. The van der Waals surface area contributed by atoms with Gasteiger partial charge in [0, 0.05) is 45.2 Å². The Morgan fingerprint density at radius 3 is 2.54 bits per heavy atom. The average Bonchev–Trinajstić information content (AvgIpc) is 2.61. The van der Waals surface area contributed by atoms with Gasteiger partial charge in [0.25, 0.3) is 0 Å². The second-order valence-electron chi connectivity index (χ2n) is 6.48. The number of rotatable bonds is 4. The summed E-state index contributed by atoms with van der Waals surface area (Å²) in [5, 5.41) is 3.27. The average molecular weight is 356 g/mol. The molecule has 0 saturated carbocycles. The van der Waals surface area contributed by atoms with Crippen LogP contribution in [0.1, 0.15) is 37.3 Å². The van der Waals surface area contributed by atoms with Gasteiger partial charge in [0.2, 0.25) is 5.91 Å². The summed E-state index contributed by atoms with van der Waals surface area (Å²) in [4.78, 5) is 16.7. The Bertz CT molecular complexity index is 520. The van der Waals surface area contributed by atoms with E-state index in [9.17, 15) is 9.18 Å². The standard InChI is InChI=1S/C18H26FN3O.ClH/c19-16-6-4-15(5-7-16)17-3-1-2-11-21(17)12-8-18(23)22-13-9-20-10-14-22;/h4-7,17,20H,1-3,8-14H2;1H. The summed E-state index contributed by atoms with van der Waals surface area (Å²) in [5.41, 5.74) is 1.17. The predicted octanol–water partition coefficient (Wildman–Crippen LogP) is 2.60. The molecule has 4 nitrogen and oxygen atoms in total. The van der Waals surface area contributed by atoms with Crippen LogP contribution >= 0.6 is 12.4 Å². The summed E-state index contributed by atoms with van der Waals surface area (Å²) in [5.74, 6) is 0.0694. The molecule has 3 rings (SSSR count). The van der Waals surface area contributed by atoms with E-state index in [4.69, 9.17) is 0 Å². The van der Waals surface area contributed by atoms with E-state index in [0.717, 1.165) is 45.7 Å². The largest absolute Gasteiger partial charge is 0.340 e. The first-order valence-corrected chi connectivity index (χ1v) is 8.72. The molecule has 1 aromatic carbocycles. The van der Waals surface area contributed by atoms with Crippen LogP contribution in [0.2, 0.25) is 0 Å². The molecule has 0 bridgehead atoms. The number of hydrogen-bond donors (Lipinski definition) is 1. The third-order valence-corrected chi connectivity index (χ3v) is 4.95. The van der Waals surface area contributed by atoms with Crippen LogP contribution in [0.5, 0.6) is 0 Å². The maximum atomic E-state index is 13.1. The Balaban J connectivity index is 0.00000208. The highest BCUT2D eigenvalue weighted by molar-refractivity contribution is 5.85. The zero-order valence-corrected chi connectivity index (χ0v) is 14.9. The Morgan fingerprint density at radius 1 is 1.12 bits per heavy atom. The van der Waals surface area contributed by atoms with Crippen LogP contribution in [0.4, 0.5) is 4.39 Å². The quantitative estimate of drug-likeness (QED) is 0.901. The molecule has 2 saturated heterocycles. The van der Waals surface area contributed by atoms with Crippen molar-refractivity contribution in [1.29, 1.82) is 0 Å². The summed E-state index contributed by atoms with van der Waals surface area (Å²) in [6, 6.07) is 7.16. The number of nitrogens with one attached hydrogen (secondary N) is 1. The van der Waals surface area contributed by atoms with E-state index in [1.807, 2.05) is 17.0 Å². The number of carbonyl (C=O) groups excluding carboxylic acids is 1. The van der Waals surface area contributed by atoms with Crippen LogP contribution < -0.4 is 5.32 Å². The van der Waals surface area contributed by atoms with Crippen molar-refractivity contribution in [3.05, 3.63) is 35.6 Å². The lowest BCUT2D eigenvalue weighted by Gasteiger charge is -2.36. The second kappa shape index (κ2) is 9.35. The molecule has 2 heterocycles. The van der Waals surface area contributed by atoms with Crippen LogP contribution in [-0.2, 0) is 4.79 Å². The van der Waals surface area contributed by atoms with Crippen LogP contribution in [0.25, 0.3) is 0 Å². The molecule has 0 spiro atoms. The molecule has 2 fully saturated rings. The number of hydrogen-bond acceptors (Lipinski definition) is 3. The third-order valence-electron chi connectivity index (χ3n) is 4.95. The smallest absolute Gasteiger partial charge is 0.223 e. The molecule has 1 unspecified atom stereocenters. The number of carbonyl (C=O) groups is 1. The highest BCUT2D eigenvalue weighted by Crippen LogP contribution is 2.31. The summed E-state index contributed by atoms with van der Waals surface area (Å²) < 4.78 is 13.1. The SMILES string of the molecule is Cl.O=C(CCN1CCCCC1c1ccc(F)cc1)N1CCNCC1. The van der Waals surface area contributed by atoms with Gasteiger partial charge in [-0.05, 0) is 37.1 Å². The highest BCUT2D eigenvalue weighted by Gasteiger charge is 2.25. The lowest BCUT2D eigenvalue weighted by Crippen LogP contribution is -2.47. The summed E-state index contributed by atoms with van der Waals surface area (Å²) >= 11 is 0. The van der Waals surface area contributed by atoms with E-state index in [-0.39, 0.29) is 24.1 Å². The zero-order chi connectivity index (χ0) is 16.1. The van der Waals surface area contributed by atoms with Gasteiger partial charge in [0.05, 0.1) is 0 Å². The van der Waals surface area contributed by atoms with E-state index in [2.05, 4.69) is 10.2 Å². The van der Waals surface area contributed by atoms with Gasteiger partial charge in [-0.2, -0.15) is 0 Å². The van der Waals surface area contributed by atoms with Crippen molar-refractivity contribution in [3.63, 3.8) is 0 Å². The molecule has 0 aliphatic carbocycles. The fraction of sp³-hybridized carbons (Fsp3) is 0.611. The Hall–Kier alpha value is -1.17. The van der Waals surface area contributed by atoms with Gasteiger partial charge in [0.15, 0.2) is 0 Å². The van der Waals surface area contributed by atoms with Gasteiger partial charge < -0.3 is 10.2 Å². The van der Waals surface area contributed by atoms with Gasteiger partial charge in [-0.25, -0.2) is 4.39 Å². The van der Waals surface area contributed by atoms with Crippen molar-refractivity contribution in [2.75, 3.05) is 39.3 Å². The molecule has 0 aromatic heterocycles. The molecule has 2 aliphatic rings. The van der Waals surface area contributed by atoms with Gasteiger partial charge in [-0.15, -0.1) is 12.4 Å². The van der Waals surface area contributed by atoms with Crippen LogP contribution in [0, 0.1) is 5.82 Å². The first-order chi connectivity index (χ1) is 11.2. The molecule has 6 heteroatoms. The minimum absolute atomic E-state index is 0. The van der Waals surface area contributed by atoms with Crippen LogP contribution in [0.3, 0.4) is 0 Å². The number of amides is 1. The molecule has 0 radical (unpaired) electrons. The van der Waals surface area contributed by atoms with Gasteiger partial charge in [0.1, 0.15) is 5.82 Å². The molecular weight excluding hydrogens is 329 g/mol. The van der Waals surface area contributed by atoms with Gasteiger partial charge in [-0.3, -0.25) is 9.69 Å². The third kappa shape index (κ3) is 4.91. The topological polar surface area (TPSA) is 35.6 Å². The van der Waals surface area contributed by atoms with Crippen molar-refractivity contribution in [2.45, 2.75) is 31.7 Å². The molecule has 1 aromatic rings. The van der Waals surface area contributed by atoms with E-state index in [1.54, 1.807) is 0 Å². The fourth-order valence-electron chi connectivity index (χ4n) is 3.63. The number of benzene rings is 1.